The molecule has 0 spiro atoms. The van der Waals surface area contributed by atoms with Gasteiger partial charge in [-0.15, -0.1) is 0 Å². The van der Waals surface area contributed by atoms with Crippen LogP contribution >= 0.6 is 15.9 Å². The summed E-state index contributed by atoms with van der Waals surface area (Å²) in [5, 5.41) is 0. The zero-order valence-corrected chi connectivity index (χ0v) is 12.0. The Kier molecular flexibility index (Phi) is 4.60. The topological polar surface area (TPSA) is 29.3 Å². The lowest BCUT2D eigenvalue weighted by molar-refractivity contribution is 0.200. The van der Waals surface area contributed by atoms with Crippen molar-refractivity contribution in [3.8, 4) is 0 Å². The van der Waals surface area contributed by atoms with Crippen molar-refractivity contribution in [2.75, 3.05) is 13.6 Å². The largest absolute Gasteiger partial charge is 0.326 e. The Balaban J connectivity index is 1.92. The van der Waals surface area contributed by atoms with E-state index in [1.165, 1.54) is 41.4 Å². The highest BCUT2D eigenvalue weighted by atomic mass is 79.9. The van der Waals surface area contributed by atoms with E-state index in [2.05, 4.69) is 46.1 Å². The van der Waals surface area contributed by atoms with Crippen LogP contribution in [0.2, 0.25) is 0 Å². The van der Waals surface area contributed by atoms with E-state index in [4.69, 9.17) is 5.73 Å². The molecule has 3 heteroatoms. The third kappa shape index (κ3) is 3.54. The number of benzene rings is 1. The van der Waals surface area contributed by atoms with Gasteiger partial charge in [0.15, 0.2) is 0 Å². The first kappa shape index (κ1) is 13.1. The number of nitrogens with two attached hydrogens (primary N) is 1. The maximum atomic E-state index is 5.63. The molecule has 0 saturated heterocycles. The van der Waals surface area contributed by atoms with Gasteiger partial charge in [0.2, 0.25) is 0 Å². The molecule has 0 radical (unpaired) electrons. The third-order valence-corrected chi connectivity index (χ3v) is 4.33. The maximum Gasteiger partial charge on any atom is 0.0242 e. The van der Waals surface area contributed by atoms with E-state index in [9.17, 15) is 0 Å². The molecule has 0 atom stereocenters. The van der Waals surface area contributed by atoms with Gasteiger partial charge in [0.25, 0.3) is 0 Å². The molecule has 1 aliphatic carbocycles. The van der Waals surface area contributed by atoms with Gasteiger partial charge in [-0.05, 0) is 43.0 Å². The average Bonchev–Trinajstić information content (AvgIpc) is 2.26. The van der Waals surface area contributed by atoms with E-state index in [-0.39, 0.29) is 0 Å². The van der Waals surface area contributed by atoms with Gasteiger partial charge >= 0.3 is 0 Å². The summed E-state index contributed by atoms with van der Waals surface area (Å²) in [6, 6.07) is 6.44. The fourth-order valence-corrected chi connectivity index (χ4v) is 2.87. The fourth-order valence-electron chi connectivity index (χ4n) is 2.32. The van der Waals surface area contributed by atoms with Crippen LogP contribution in [0.25, 0.3) is 0 Å². The molecule has 0 aliphatic heterocycles. The van der Waals surface area contributed by atoms with E-state index in [1.54, 1.807) is 0 Å². The second kappa shape index (κ2) is 5.98. The Bertz CT molecular complexity index is 374. The minimum absolute atomic E-state index is 0.608. The Morgan fingerprint density at radius 1 is 1.41 bits per heavy atom. The van der Waals surface area contributed by atoms with Gasteiger partial charge in [0, 0.05) is 24.1 Å². The number of hydrogen-bond donors (Lipinski definition) is 1. The van der Waals surface area contributed by atoms with Crippen LogP contribution < -0.4 is 5.73 Å². The van der Waals surface area contributed by atoms with Gasteiger partial charge in [-0.1, -0.05) is 34.5 Å². The lowest BCUT2D eigenvalue weighted by Crippen LogP contribution is -2.29. The van der Waals surface area contributed by atoms with Crippen LogP contribution in [0.4, 0.5) is 0 Å². The molecule has 1 aliphatic rings. The smallest absolute Gasteiger partial charge is 0.0242 e. The Labute approximate surface area is 112 Å². The maximum absolute atomic E-state index is 5.63. The molecule has 0 bridgehead atoms. The predicted molar refractivity (Wildman–Crippen MR) is 75.7 cm³/mol. The van der Waals surface area contributed by atoms with Crippen molar-refractivity contribution >= 4 is 15.9 Å². The summed E-state index contributed by atoms with van der Waals surface area (Å²) < 4.78 is 1.18. The van der Waals surface area contributed by atoms with Crippen LogP contribution in [0.5, 0.6) is 0 Å². The summed E-state index contributed by atoms with van der Waals surface area (Å²) in [6.45, 7) is 2.85. The standard InChI is InChI=1S/C14H21BrN2/c1-17(9-11-3-2-4-11)10-13-6-5-12(8-16)7-14(13)15/h5-7,11H,2-4,8-10,16H2,1H3. The SMILES string of the molecule is CN(Cc1ccc(CN)cc1Br)CC1CCC1. The predicted octanol–water partition coefficient (Wildman–Crippen LogP) is 3.14. The lowest BCUT2D eigenvalue weighted by Gasteiger charge is -2.30. The highest BCUT2D eigenvalue weighted by Crippen LogP contribution is 2.27. The summed E-state index contributed by atoms with van der Waals surface area (Å²) in [4.78, 5) is 2.42. The first-order chi connectivity index (χ1) is 8.19. The molecular formula is C14H21BrN2. The van der Waals surface area contributed by atoms with E-state index in [1.807, 2.05) is 0 Å². The molecule has 2 rings (SSSR count). The molecule has 1 saturated carbocycles. The second-order valence-electron chi connectivity index (χ2n) is 5.12. The number of halogens is 1. The van der Waals surface area contributed by atoms with Crippen LogP contribution in [-0.4, -0.2) is 18.5 Å². The molecule has 0 unspecified atom stereocenters. The van der Waals surface area contributed by atoms with Crippen LogP contribution in [0.15, 0.2) is 22.7 Å². The minimum Gasteiger partial charge on any atom is -0.326 e. The van der Waals surface area contributed by atoms with Gasteiger partial charge in [0.05, 0.1) is 0 Å². The molecule has 2 N–H and O–H groups in total. The number of rotatable bonds is 5. The van der Waals surface area contributed by atoms with E-state index >= 15 is 0 Å². The van der Waals surface area contributed by atoms with Crippen LogP contribution in [0.3, 0.4) is 0 Å². The van der Waals surface area contributed by atoms with Crippen molar-refractivity contribution in [3.63, 3.8) is 0 Å². The van der Waals surface area contributed by atoms with Crippen molar-refractivity contribution < 1.29 is 0 Å². The highest BCUT2D eigenvalue weighted by Gasteiger charge is 2.19. The molecule has 1 aromatic carbocycles. The van der Waals surface area contributed by atoms with Crippen molar-refractivity contribution in [3.05, 3.63) is 33.8 Å². The molecule has 2 nitrogen and oxygen atoms in total. The molecule has 1 fully saturated rings. The Morgan fingerprint density at radius 3 is 2.71 bits per heavy atom. The van der Waals surface area contributed by atoms with E-state index in [0.29, 0.717) is 6.54 Å². The van der Waals surface area contributed by atoms with Gasteiger partial charge in [0.1, 0.15) is 0 Å². The minimum atomic E-state index is 0.608. The van der Waals surface area contributed by atoms with Crippen molar-refractivity contribution in [1.29, 1.82) is 0 Å². The van der Waals surface area contributed by atoms with Gasteiger partial charge in [-0.2, -0.15) is 0 Å². The number of hydrogen-bond acceptors (Lipinski definition) is 2. The second-order valence-corrected chi connectivity index (χ2v) is 5.98. The average molecular weight is 297 g/mol. The summed E-state index contributed by atoms with van der Waals surface area (Å²) in [5.41, 5.74) is 8.16. The number of nitrogens with zero attached hydrogens (tertiary/aromatic N) is 1. The molecular weight excluding hydrogens is 276 g/mol. The van der Waals surface area contributed by atoms with E-state index < -0.39 is 0 Å². The summed E-state index contributed by atoms with van der Waals surface area (Å²) in [5.74, 6) is 0.932. The van der Waals surface area contributed by atoms with Crippen molar-refractivity contribution in [1.82, 2.24) is 4.90 Å². The quantitative estimate of drug-likeness (QED) is 0.904. The van der Waals surface area contributed by atoms with Crippen LogP contribution in [0, 0.1) is 5.92 Å². The molecule has 0 amide bonds. The summed E-state index contributed by atoms with van der Waals surface area (Å²) in [6.07, 6.45) is 4.25. The normalized spacial score (nSPS) is 16.2. The van der Waals surface area contributed by atoms with Gasteiger partial charge in [-0.25, -0.2) is 0 Å². The molecule has 0 aromatic heterocycles. The van der Waals surface area contributed by atoms with Crippen LogP contribution in [-0.2, 0) is 13.1 Å². The Morgan fingerprint density at radius 2 is 2.18 bits per heavy atom. The van der Waals surface area contributed by atoms with Gasteiger partial charge in [-0.3, -0.25) is 0 Å². The monoisotopic (exact) mass is 296 g/mol. The Hall–Kier alpha value is -0.380. The highest BCUT2D eigenvalue weighted by molar-refractivity contribution is 9.10. The zero-order valence-electron chi connectivity index (χ0n) is 10.5. The molecule has 17 heavy (non-hydrogen) atoms. The summed E-state index contributed by atoms with van der Waals surface area (Å²) >= 11 is 3.63. The third-order valence-electron chi connectivity index (χ3n) is 3.59. The zero-order chi connectivity index (χ0) is 12.3. The molecule has 0 heterocycles. The molecule has 94 valence electrons. The van der Waals surface area contributed by atoms with E-state index in [0.717, 1.165) is 12.5 Å². The first-order valence-electron chi connectivity index (χ1n) is 6.35. The molecule has 1 aromatic rings. The van der Waals surface area contributed by atoms with Crippen LogP contribution in [0.1, 0.15) is 30.4 Å². The van der Waals surface area contributed by atoms with Crippen molar-refractivity contribution in [2.24, 2.45) is 11.7 Å². The van der Waals surface area contributed by atoms with Crippen molar-refractivity contribution in [2.45, 2.75) is 32.4 Å². The fraction of sp³-hybridized carbons (Fsp3) is 0.571. The summed E-state index contributed by atoms with van der Waals surface area (Å²) in [7, 11) is 2.21. The van der Waals surface area contributed by atoms with Gasteiger partial charge < -0.3 is 10.6 Å². The first-order valence-corrected chi connectivity index (χ1v) is 7.14. The lowest BCUT2D eigenvalue weighted by atomic mass is 9.85.